The van der Waals surface area contributed by atoms with Gasteiger partial charge in [0.15, 0.2) is 0 Å². The molecule has 0 aliphatic heterocycles. The van der Waals surface area contributed by atoms with Gasteiger partial charge in [0.25, 0.3) is 0 Å². The third-order valence-electron chi connectivity index (χ3n) is 3.13. The topological polar surface area (TPSA) is 58.9 Å². The SMILES string of the molecule is CC(OC(C)c1ccc(O)cc1)c1ccc(O)cc1.COC. The van der Waals surface area contributed by atoms with Crippen molar-refractivity contribution in [2.45, 2.75) is 26.1 Å². The van der Waals surface area contributed by atoms with Crippen molar-refractivity contribution in [3.05, 3.63) is 59.7 Å². The average molecular weight is 304 g/mol. The number of methoxy groups -OCH3 is 1. The Morgan fingerprint density at radius 1 is 0.682 bits per heavy atom. The van der Waals surface area contributed by atoms with E-state index in [9.17, 15) is 10.2 Å². The molecule has 0 bridgehead atoms. The van der Waals surface area contributed by atoms with Crippen molar-refractivity contribution in [1.29, 1.82) is 0 Å². The largest absolute Gasteiger partial charge is 0.508 e. The van der Waals surface area contributed by atoms with Gasteiger partial charge in [-0.1, -0.05) is 24.3 Å². The van der Waals surface area contributed by atoms with E-state index >= 15 is 0 Å². The summed E-state index contributed by atoms with van der Waals surface area (Å²) in [4.78, 5) is 0. The fourth-order valence-electron chi connectivity index (χ4n) is 1.95. The van der Waals surface area contributed by atoms with Crippen LogP contribution in [0.1, 0.15) is 37.2 Å². The fourth-order valence-corrected chi connectivity index (χ4v) is 1.95. The van der Waals surface area contributed by atoms with Gasteiger partial charge in [-0.25, -0.2) is 0 Å². The van der Waals surface area contributed by atoms with Gasteiger partial charge >= 0.3 is 0 Å². The Hall–Kier alpha value is -2.04. The Bertz CT molecular complexity index is 485. The zero-order valence-electron chi connectivity index (χ0n) is 13.5. The number of aromatic hydroxyl groups is 2. The highest BCUT2D eigenvalue weighted by Gasteiger charge is 2.12. The van der Waals surface area contributed by atoms with Crippen molar-refractivity contribution in [3.63, 3.8) is 0 Å². The molecule has 2 unspecified atom stereocenters. The van der Waals surface area contributed by atoms with Crippen LogP contribution in [0.25, 0.3) is 0 Å². The van der Waals surface area contributed by atoms with Gasteiger partial charge in [0.2, 0.25) is 0 Å². The van der Waals surface area contributed by atoms with Crippen LogP contribution < -0.4 is 0 Å². The first-order valence-corrected chi connectivity index (χ1v) is 7.11. The molecule has 0 aliphatic rings. The first-order valence-electron chi connectivity index (χ1n) is 7.11. The summed E-state index contributed by atoms with van der Waals surface area (Å²) in [5.74, 6) is 0.505. The Morgan fingerprint density at radius 3 is 1.23 bits per heavy atom. The molecule has 2 rings (SSSR count). The third kappa shape index (κ3) is 5.76. The molecule has 0 saturated carbocycles. The van der Waals surface area contributed by atoms with Gasteiger partial charge in [-0.3, -0.25) is 0 Å². The van der Waals surface area contributed by atoms with Crippen LogP contribution in [0.5, 0.6) is 11.5 Å². The van der Waals surface area contributed by atoms with Gasteiger partial charge in [-0.15, -0.1) is 0 Å². The molecule has 4 nitrogen and oxygen atoms in total. The molecule has 2 aromatic carbocycles. The molecule has 0 saturated heterocycles. The van der Waals surface area contributed by atoms with Crippen LogP contribution in [0.15, 0.2) is 48.5 Å². The van der Waals surface area contributed by atoms with E-state index in [1.54, 1.807) is 38.5 Å². The molecule has 0 radical (unpaired) electrons. The van der Waals surface area contributed by atoms with Gasteiger partial charge in [-0.05, 0) is 49.2 Å². The van der Waals surface area contributed by atoms with Crippen molar-refractivity contribution in [3.8, 4) is 11.5 Å². The number of ether oxygens (including phenoxy) is 2. The molecule has 0 spiro atoms. The lowest BCUT2D eigenvalue weighted by molar-refractivity contribution is 0.00583. The van der Waals surface area contributed by atoms with Crippen LogP contribution in [0.4, 0.5) is 0 Å². The fraction of sp³-hybridized carbons (Fsp3) is 0.333. The molecule has 0 aliphatic carbocycles. The first-order chi connectivity index (χ1) is 10.5. The summed E-state index contributed by atoms with van der Waals surface area (Å²) in [6.07, 6.45) is -0.131. The van der Waals surface area contributed by atoms with Crippen LogP contribution in [-0.4, -0.2) is 24.4 Å². The number of rotatable bonds is 4. The Kier molecular flexibility index (Phi) is 7.43. The molecule has 4 heteroatoms. The van der Waals surface area contributed by atoms with Gasteiger partial charge in [0, 0.05) is 14.2 Å². The molecule has 120 valence electrons. The Balaban J connectivity index is 0.000000745. The van der Waals surface area contributed by atoms with Gasteiger partial charge in [0.05, 0.1) is 12.2 Å². The zero-order valence-corrected chi connectivity index (χ0v) is 13.5. The van der Waals surface area contributed by atoms with Gasteiger partial charge < -0.3 is 19.7 Å². The summed E-state index contributed by atoms with van der Waals surface area (Å²) in [6, 6.07) is 14.0. The molecule has 0 fully saturated rings. The minimum atomic E-state index is -0.0654. The van der Waals surface area contributed by atoms with Crippen molar-refractivity contribution >= 4 is 0 Å². The molecule has 2 aromatic rings. The van der Waals surface area contributed by atoms with E-state index in [-0.39, 0.29) is 23.7 Å². The van der Waals surface area contributed by atoms with Crippen LogP contribution >= 0.6 is 0 Å². The summed E-state index contributed by atoms with van der Waals surface area (Å²) in [5, 5.41) is 18.5. The lowest BCUT2D eigenvalue weighted by Gasteiger charge is -2.20. The summed E-state index contributed by atoms with van der Waals surface area (Å²) < 4.78 is 10.2. The smallest absolute Gasteiger partial charge is 0.115 e. The van der Waals surface area contributed by atoms with Crippen LogP contribution in [0.3, 0.4) is 0 Å². The predicted octanol–water partition coefficient (Wildman–Crippen LogP) is 4.20. The second-order valence-electron chi connectivity index (χ2n) is 5.01. The molecule has 2 atom stereocenters. The molecule has 22 heavy (non-hydrogen) atoms. The predicted molar refractivity (Wildman–Crippen MR) is 87.1 cm³/mol. The van der Waals surface area contributed by atoms with E-state index in [1.807, 2.05) is 38.1 Å². The molecular formula is C18H24O4. The molecule has 0 heterocycles. The monoisotopic (exact) mass is 304 g/mol. The van der Waals surface area contributed by atoms with Crippen LogP contribution in [-0.2, 0) is 9.47 Å². The standard InChI is InChI=1S/C16H18O3.C2H6O/c1-11(13-3-7-15(17)8-4-13)19-12(2)14-5-9-16(18)10-6-14;1-3-2/h3-12,17-18H,1-2H3;1-2H3. The molecular weight excluding hydrogens is 280 g/mol. The van der Waals surface area contributed by atoms with Gasteiger partial charge in [0.1, 0.15) is 11.5 Å². The van der Waals surface area contributed by atoms with E-state index in [0.29, 0.717) is 0 Å². The van der Waals surface area contributed by atoms with E-state index in [4.69, 9.17) is 4.74 Å². The second kappa shape index (κ2) is 9.07. The van der Waals surface area contributed by atoms with Crippen molar-refractivity contribution in [2.75, 3.05) is 14.2 Å². The number of phenols is 2. The Morgan fingerprint density at radius 2 is 0.955 bits per heavy atom. The molecule has 2 N–H and O–H groups in total. The maximum Gasteiger partial charge on any atom is 0.115 e. The van der Waals surface area contributed by atoms with Crippen molar-refractivity contribution in [1.82, 2.24) is 0 Å². The lowest BCUT2D eigenvalue weighted by atomic mass is 10.1. The summed E-state index contributed by atoms with van der Waals surface area (Å²) in [7, 11) is 3.25. The summed E-state index contributed by atoms with van der Waals surface area (Å²) in [5.41, 5.74) is 2.03. The zero-order chi connectivity index (χ0) is 16.5. The van der Waals surface area contributed by atoms with E-state index in [2.05, 4.69) is 4.74 Å². The van der Waals surface area contributed by atoms with Crippen molar-refractivity contribution in [2.24, 2.45) is 0 Å². The summed E-state index contributed by atoms with van der Waals surface area (Å²) >= 11 is 0. The molecule has 0 aromatic heterocycles. The Labute approximate surface area is 131 Å². The van der Waals surface area contributed by atoms with Gasteiger partial charge in [-0.2, -0.15) is 0 Å². The van der Waals surface area contributed by atoms with E-state index in [1.165, 1.54) is 0 Å². The summed E-state index contributed by atoms with van der Waals surface area (Å²) in [6.45, 7) is 3.95. The average Bonchev–Trinajstić information content (AvgIpc) is 2.49. The third-order valence-corrected chi connectivity index (χ3v) is 3.13. The molecule has 0 amide bonds. The number of hydrogen-bond acceptors (Lipinski definition) is 4. The highest BCUT2D eigenvalue weighted by molar-refractivity contribution is 5.28. The van der Waals surface area contributed by atoms with Crippen LogP contribution in [0, 0.1) is 0 Å². The second-order valence-corrected chi connectivity index (χ2v) is 5.01. The maximum absolute atomic E-state index is 9.26. The lowest BCUT2D eigenvalue weighted by Crippen LogP contribution is -2.05. The van der Waals surface area contributed by atoms with E-state index in [0.717, 1.165) is 11.1 Å². The highest BCUT2D eigenvalue weighted by atomic mass is 16.5. The minimum absolute atomic E-state index is 0.0654. The maximum atomic E-state index is 9.26. The van der Waals surface area contributed by atoms with E-state index < -0.39 is 0 Å². The normalized spacial score (nSPS) is 12.9. The highest BCUT2D eigenvalue weighted by Crippen LogP contribution is 2.27. The first kappa shape index (κ1) is 18.0. The number of phenolic OH excluding ortho intramolecular Hbond substituents is 2. The van der Waals surface area contributed by atoms with Crippen LogP contribution in [0.2, 0.25) is 0 Å². The quantitative estimate of drug-likeness (QED) is 0.889. The van der Waals surface area contributed by atoms with Crippen molar-refractivity contribution < 1.29 is 19.7 Å². The number of hydrogen-bond donors (Lipinski definition) is 2. The minimum Gasteiger partial charge on any atom is -0.508 e. The number of benzene rings is 2.